The van der Waals surface area contributed by atoms with Crippen LogP contribution in [0.25, 0.3) is 0 Å². The van der Waals surface area contributed by atoms with Gasteiger partial charge in [0.15, 0.2) is 0 Å². The number of benzene rings is 1. The van der Waals surface area contributed by atoms with Crippen LogP contribution in [0.3, 0.4) is 0 Å². The third-order valence-corrected chi connectivity index (χ3v) is 5.82. The van der Waals surface area contributed by atoms with Gasteiger partial charge in [-0.25, -0.2) is 0 Å². The van der Waals surface area contributed by atoms with E-state index in [0.29, 0.717) is 30.8 Å². The van der Waals surface area contributed by atoms with Gasteiger partial charge in [0.2, 0.25) is 5.91 Å². The van der Waals surface area contributed by atoms with Gasteiger partial charge in [0.1, 0.15) is 0 Å². The van der Waals surface area contributed by atoms with Crippen LogP contribution < -0.4 is 15.5 Å². The number of nitrogens with one attached hydrogen (secondary N) is 2. The summed E-state index contributed by atoms with van der Waals surface area (Å²) in [7, 11) is 1.65. The zero-order chi connectivity index (χ0) is 20.5. The lowest BCUT2D eigenvalue weighted by Crippen LogP contribution is -2.33. The highest BCUT2D eigenvalue weighted by Gasteiger charge is 2.19. The molecule has 0 radical (unpaired) electrons. The van der Waals surface area contributed by atoms with Gasteiger partial charge in [-0.15, -0.1) is 11.3 Å². The van der Waals surface area contributed by atoms with E-state index in [2.05, 4.69) is 15.5 Å². The maximum atomic E-state index is 12.9. The molecule has 156 valence electrons. The summed E-state index contributed by atoms with van der Waals surface area (Å²) in [5, 5.41) is 7.87. The van der Waals surface area contributed by atoms with Gasteiger partial charge in [0.05, 0.1) is 12.0 Å². The monoisotopic (exact) mass is 415 g/mol. The van der Waals surface area contributed by atoms with E-state index in [0.717, 1.165) is 42.9 Å². The van der Waals surface area contributed by atoms with Crippen molar-refractivity contribution in [3.8, 4) is 0 Å². The Kier molecular flexibility index (Phi) is 8.07. The predicted octanol–water partition coefficient (Wildman–Crippen LogP) is 3.69. The van der Waals surface area contributed by atoms with E-state index in [1.54, 1.807) is 24.5 Å². The summed E-state index contributed by atoms with van der Waals surface area (Å²) in [4.78, 5) is 28.5. The van der Waals surface area contributed by atoms with Gasteiger partial charge >= 0.3 is 0 Å². The van der Waals surface area contributed by atoms with E-state index >= 15 is 0 Å². The first-order chi connectivity index (χ1) is 14.2. The molecule has 1 aromatic carbocycles. The van der Waals surface area contributed by atoms with E-state index in [1.165, 1.54) is 6.42 Å². The second-order valence-corrected chi connectivity index (χ2v) is 8.22. The van der Waals surface area contributed by atoms with Gasteiger partial charge in [-0.2, -0.15) is 0 Å². The Hall–Kier alpha value is -2.38. The molecule has 1 saturated heterocycles. The standard InChI is InChI=1S/C22H29N3O3S/c1-28-13-6-10-23-22(27)19-15-17(24-21(26)16-18-7-5-14-29-18)8-9-20(19)25-11-3-2-4-12-25/h5,7-9,14-15H,2-4,6,10-13,16H2,1H3,(H,23,27)(H,24,26). The van der Waals surface area contributed by atoms with Crippen molar-refractivity contribution >= 4 is 34.5 Å². The average Bonchev–Trinajstić information content (AvgIpc) is 3.24. The van der Waals surface area contributed by atoms with Gasteiger partial charge in [-0.1, -0.05) is 6.07 Å². The number of nitrogens with zero attached hydrogens (tertiary/aromatic N) is 1. The first-order valence-corrected chi connectivity index (χ1v) is 11.0. The van der Waals surface area contributed by atoms with Crippen LogP contribution in [0, 0.1) is 0 Å². The van der Waals surface area contributed by atoms with E-state index in [4.69, 9.17) is 4.74 Å². The summed E-state index contributed by atoms with van der Waals surface area (Å²) in [6.07, 6.45) is 4.59. The van der Waals surface area contributed by atoms with Crippen molar-refractivity contribution in [1.29, 1.82) is 0 Å². The number of methoxy groups -OCH3 is 1. The molecular weight excluding hydrogens is 386 g/mol. The summed E-state index contributed by atoms with van der Waals surface area (Å²) in [6, 6.07) is 9.52. The topological polar surface area (TPSA) is 70.7 Å². The molecule has 2 amide bonds. The summed E-state index contributed by atoms with van der Waals surface area (Å²) >= 11 is 1.56. The summed E-state index contributed by atoms with van der Waals surface area (Å²) in [5.74, 6) is -0.194. The quantitative estimate of drug-likeness (QED) is 0.613. The second-order valence-electron chi connectivity index (χ2n) is 7.19. The molecule has 2 aromatic rings. The minimum absolute atomic E-state index is 0.0791. The minimum atomic E-state index is -0.115. The molecule has 2 N–H and O–H groups in total. The van der Waals surface area contributed by atoms with Crippen LogP contribution in [0.15, 0.2) is 35.7 Å². The average molecular weight is 416 g/mol. The van der Waals surface area contributed by atoms with Crippen LogP contribution in [0.1, 0.15) is 40.9 Å². The van der Waals surface area contributed by atoms with E-state index in [9.17, 15) is 9.59 Å². The summed E-state index contributed by atoms with van der Waals surface area (Å²) < 4.78 is 5.05. The van der Waals surface area contributed by atoms with Crippen molar-refractivity contribution in [3.63, 3.8) is 0 Å². The fourth-order valence-electron chi connectivity index (χ4n) is 3.50. The van der Waals surface area contributed by atoms with E-state index in [-0.39, 0.29) is 11.8 Å². The zero-order valence-electron chi connectivity index (χ0n) is 16.9. The number of anilines is 2. The highest BCUT2D eigenvalue weighted by molar-refractivity contribution is 7.10. The fourth-order valence-corrected chi connectivity index (χ4v) is 4.20. The van der Waals surface area contributed by atoms with Crippen molar-refractivity contribution in [2.24, 2.45) is 0 Å². The lowest BCUT2D eigenvalue weighted by Gasteiger charge is -2.30. The molecule has 2 heterocycles. The van der Waals surface area contributed by atoms with Crippen LogP contribution in [-0.2, 0) is 16.0 Å². The molecule has 3 rings (SSSR count). The fraction of sp³-hybridized carbons (Fsp3) is 0.455. The van der Waals surface area contributed by atoms with Gasteiger partial charge in [-0.05, 0) is 55.3 Å². The molecule has 0 spiro atoms. The molecule has 0 unspecified atom stereocenters. The lowest BCUT2D eigenvalue weighted by atomic mass is 10.1. The number of thiophene rings is 1. The number of carbonyl (C=O) groups is 2. The lowest BCUT2D eigenvalue weighted by molar-refractivity contribution is -0.115. The third-order valence-electron chi connectivity index (χ3n) is 4.95. The number of carbonyl (C=O) groups excluding carboxylic acids is 2. The molecular formula is C22H29N3O3S. The highest BCUT2D eigenvalue weighted by Crippen LogP contribution is 2.27. The number of piperidine rings is 1. The largest absolute Gasteiger partial charge is 0.385 e. The number of amides is 2. The molecule has 0 saturated carbocycles. The first-order valence-electron chi connectivity index (χ1n) is 10.2. The third kappa shape index (κ3) is 6.30. The van der Waals surface area contributed by atoms with E-state index in [1.807, 2.05) is 29.6 Å². The number of hydrogen-bond acceptors (Lipinski definition) is 5. The minimum Gasteiger partial charge on any atom is -0.385 e. The Morgan fingerprint density at radius 3 is 2.72 bits per heavy atom. The van der Waals surface area contributed by atoms with Gasteiger partial charge in [-0.3, -0.25) is 9.59 Å². The maximum Gasteiger partial charge on any atom is 0.253 e. The van der Waals surface area contributed by atoms with Crippen LogP contribution in [0.2, 0.25) is 0 Å². The van der Waals surface area contributed by atoms with Crippen LogP contribution >= 0.6 is 11.3 Å². The summed E-state index contributed by atoms with van der Waals surface area (Å²) in [6.45, 7) is 3.07. The van der Waals surface area contributed by atoms with Crippen LogP contribution in [0.5, 0.6) is 0 Å². The molecule has 1 fully saturated rings. The molecule has 0 atom stereocenters. The van der Waals surface area contributed by atoms with Gasteiger partial charge < -0.3 is 20.3 Å². The molecule has 7 heteroatoms. The number of ether oxygens (including phenoxy) is 1. The molecule has 6 nitrogen and oxygen atoms in total. The van der Waals surface area contributed by atoms with Crippen molar-refractivity contribution in [3.05, 3.63) is 46.2 Å². The van der Waals surface area contributed by atoms with Crippen molar-refractivity contribution in [2.45, 2.75) is 32.1 Å². The summed E-state index contributed by atoms with van der Waals surface area (Å²) in [5.41, 5.74) is 2.19. The number of rotatable bonds is 9. The highest BCUT2D eigenvalue weighted by atomic mass is 32.1. The Bertz CT molecular complexity index is 802. The maximum absolute atomic E-state index is 12.9. The Morgan fingerprint density at radius 1 is 1.17 bits per heavy atom. The smallest absolute Gasteiger partial charge is 0.253 e. The molecule has 0 bridgehead atoms. The first kappa shape index (κ1) is 21.3. The number of hydrogen-bond donors (Lipinski definition) is 2. The molecule has 0 aliphatic carbocycles. The van der Waals surface area contributed by atoms with Gasteiger partial charge in [0, 0.05) is 49.6 Å². The molecule has 1 aliphatic rings. The van der Waals surface area contributed by atoms with Gasteiger partial charge in [0.25, 0.3) is 5.91 Å². The molecule has 1 aliphatic heterocycles. The SMILES string of the molecule is COCCCNC(=O)c1cc(NC(=O)Cc2cccs2)ccc1N1CCCCC1. The van der Waals surface area contributed by atoms with Crippen LogP contribution in [-0.4, -0.2) is 45.2 Å². The van der Waals surface area contributed by atoms with Crippen molar-refractivity contribution in [1.82, 2.24) is 5.32 Å². The van der Waals surface area contributed by atoms with Crippen LogP contribution in [0.4, 0.5) is 11.4 Å². The predicted molar refractivity (Wildman–Crippen MR) is 118 cm³/mol. The van der Waals surface area contributed by atoms with E-state index < -0.39 is 0 Å². The Morgan fingerprint density at radius 2 is 2.00 bits per heavy atom. The normalized spacial score (nSPS) is 13.9. The second kappa shape index (κ2) is 11.0. The van der Waals surface area contributed by atoms with Crippen molar-refractivity contribution in [2.75, 3.05) is 43.6 Å². The Labute approximate surface area is 176 Å². The molecule has 1 aromatic heterocycles. The zero-order valence-corrected chi connectivity index (χ0v) is 17.7. The molecule has 29 heavy (non-hydrogen) atoms. The Balaban J connectivity index is 1.74. The van der Waals surface area contributed by atoms with Crippen molar-refractivity contribution < 1.29 is 14.3 Å².